The van der Waals surface area contributed by atoms with Crippen molar-refractivity contribution < 1.29 is 22.7 Å². The van der Waals surface area contributed by atoms with Crippen molar-refractivity contribution in [3.8, 4) is 5.75 Å². The fourth-order valence-electron chi connectivity index (χ4n) is 2.55. The number of nitrogens with zero attached hydrogens (tertiary/aromatic N) is 1. The molecule has 1 aliphatic heterocycles. The molecule has 0 spiro atoms. The molecule has 0 fully saturated rings. The van der Waals surface area contributed by atoms with E-state index in [1.54, 1.807) is 27.0 Å². The van der Waals surface area contributed by atoms with E-state index < -0.39 is 22.0 Å². The first kappa shape index (κ1) is 17.9. The van der Waals surface area contributed by atoms with Crippen LogP contribution in [0.2, 0.25) is 0 Å². The molecule has 2 heterocycles. The lowest BCUT2D eigenvalue weighted by Gasteiger charge is -2.24. The van der Waals surface area contributed by atoms with Crippen molar-refractivity contribution >= 4 is 27.5 Å². The summed E-state index contributed by atoms with van der Waals surface area (Å²) < 4.78 is 32.8. The molecule has 0 saturated carbocycles. The molecule has 1 aliphatic rings. The van der Waals surface area contributed by atoms with Crippen LogP contribution in [0.1, 0.15) is 28.4 Å². The molecular weight excluding hydrogens is 358 g/mol. The number of nitrogens with one attached hydrogen (secondary N) is 2. The topological polar surface area (TPSA) is 114 Å². The number of fused-ring (bicyclic) bond motifs is 1. The van der Waals surface area contributed by atoms with Crippen LogP contribution in [0.25, 0.3) is 0 Å². The molecule has 1 unspecified atom stereocenters. The number of rotatable bonds is 3. The Bertz CT molecular complexity index is 1020. The number of hydrogen-bond donors (Lipinski definition) is 2. The van der Waals surface area contributed by atoms with Crippen molar-refractivity contribution in [3.05, 3.63) is 47.3 Å². The molecule has 2 aromatic rings. The van der Waals surface area contributed by atoms with Gasteiger partial charge in [0.15, 0.2) is 6.10 Å². The summed E-state index contributed by atoms with van der Waals surface area (Å²) in [5.41, 5.74) is 1.63. The first-order valence-electron chi connectivity index (χ1n) is 7.78. The molecule has 3 rings (SSSR count). The summed E-state index contributed by atoms with van der Waals surface area (Å²) in [4.78, 5) is 27.7. The molecule has 1 aromatic heterocycles. The Labute approximate surface area is 150 Å². The number of aryl methyl sites for hydroxylation is 2. The average molecular weight is 375 g/mol. The third kappa shape index (κ3) is 3.38. The predicted octanol–water partition coefficient (Wildman–Crippen LogP) is 1.54. The van der Waals surface area contributed by atoms with Crippen LogP contribution >= 0.6 is 0 Å². The van der Waals surface area contributed by atoms with E-state index in [1.165, 1.54) is 24.4 Å². The molecule has 1 aromatic carbocycles. The Morgan fingerprint density at radius 2 is 1.96 bits per heavy atom. The van der Waals surface area contributed by atoms with Gasteiger partial charge in [0.1, 0.15) is 5.75 Å². The van der Waals surface area contributed by atoms with E-state index in [2.05, 4.69) is 10.3 Å². The Hall–Kier alpha value is -2.94. The molecule has 0 radical (unpaired) electrons. The number of carbonyl (C=O) groups is 2. The maximum atomic E-state index is 12.7. The van der Waals surface area contributed by atoms with Crippen molar-refractivity contribution in [3.63, 3.8) is 0 Å². The summed E-state index contributed by atoms with van der Waals surface area (Å²) in [5.74, 6) is -0.860. The van der Waals surface area contributed by atoms with Gasteiger partial charge in [-0.2, -0.15) is 0 Å². The fraction of sp³-hybridized carbons (Fsp3) is 0.235. The second kappa shape index (κ2) is 6.41. The Balaban J connectivity index is 1.94. The lowest BCUT2D eigenvalue weighted by molar-refractivity contribution is -0.122. The minimum atomic E-state index is -4.14. The maximum Gasteiger partial charge on any atom is 0.266 e. The molecule has 2 N–H and O–H groups in total. The molecule has 1 atom stereocenters. The highest BCUT2D eigenvalue weighted by Crippen LogP contribution is 2.34. The number of ether oxygens (including phenoxy) is 1. The summed E-state index contributed by atoms with van der Waals surface area (Å²) in [6, 6.07) is 4.33. The Morgan fingerprint density at radius 3 is 2.65 bits per heavy atom. The van der Waals surface area contributed by atoms with E-state index in [1.807, 2.05) is 4.72 Å². The number of aromatic nitrogens is 1. The minimum absolute atomic E-state index is 0.103. The largest absolute Gasteiger partial charge is 0.479 e. The molecule has 0 aliphatic carbocycles. The number of anilines is 1. The number of benzene rings is 1. The highest BCUT2D eigenvalue weighted by atomic mass is 32.2. The van der Waals surface area contributed by atoms with Crippen LogP contribution < -0.4 is 14.8 Å². The molecular formula is C17H17N3O5S. The van der Waals surface area contributed by atoms with Crippen LogP contribution in [0, 0.1) is 13.8 Å². The molecule has 26 heavy (non-hydrogen) atoms. The Kier molecular flexibility index (Phi) is 4.41. The first-order valence-corrected chi connectivity index (χ1v) is 9.26. The number of amides is 2. The van der Waals surface area contributed by atoms with Crippen molar-refractivity contribution in [1.29, 1.82) is 0 Å². The third-order valence-electron chi connectivity index (χ3n) is 3.86. The minimum Gasteiger partial charge on any atom is -0.479 e. The van der Waals surface area contributed by atoms with E-state index in [0.29, 0.717) is 11.3 Å². The van der Waals surface area contributed by atoms with Gasteiger partial charge in [-0.05, 0) is 44.0 Å². The SMILES string of the molecule is Cc1cncc(C(=O)NS(=O)(=O)c2cc3c(cc2C)NC(=O)C(C)O3)c1. The van der Waals surface area contributed by atoms with Gasteiger partial charge >= 0.3 is 0 Å². The fourth-order valence-corrected chi connectivity index (χ4v) is 3.76. The average Bonchev–Trinajstić information content (AvgIpc) is 2.55. The van der Waals surface area contributed by atoms with Gasteiger partial charge in [-0.3, -0.25) is 14.6 Å². The number of sulfonamides is 1. The predicted molar refractivity (Wildman–Crippen MR) is 93.5 cm³/mol. The molecule has 136 valence electrons. The van der Waals surface area contributed by atoms with Crippen molar-refractivity contribution in [1.82, 2.24) is 9.71 Å². The highest BCUT2D eigenvalue weighted by molar-refractivity contribution is 7.90. The van der Waals surface area contributed by atoms with Crippen LogP contribution in [0.5, 0.6) is 5.75 Å². The first-order chi connectivity index (χ1) is 12.2. The van der Waals surface area contributed by atoms with Gasteiger partial charge in [-0.25, -0.2) is 13.1 Å². The molecule has 2 amide bonds. The Morgan fingerprint density at radius 1 is 1.23 bits per heavy atom. The zero-order valence-corrected chi connectivity index (χ0v) is 15.2. The van der Waals surface area contributed by atoms with Gasteiger partial charge in [0.25, 0.3) is 21.8 Å². The van der Waals surface area contributed by atoms with E-state index in [4.69, 9.17) is 4.74 Å². The van der Waals surface area contributed by atoms with Gasteiger partial charge in [-0.1, -0.05) is 0 Å². The van der Waals surface area contributed by atoms with Gasteiger partial charge < -0.3 is 10.1 Å². The number of carbonyl (C=O) groups excluding carboxylic acids is 2. The van der Waals surface area contributed by atoms with Gasteiger partial charge in [-0.15, -0.1) is 0 Å². The van der Waals surface area contributed by atoms with Crippen molar-refractivity contribution in [2.75, 3.05) is 5.32 Å². The van der Waals surface area contributed by atoms with Crippen LogP contribution in [0.3, 0.4) is 0 Å². The van der Waals surface area contributed by atoms with E-state index in [0.717, 1.165) is 5.56 Å². The second-order valence-corrected chi connectivity index (χ2v) is 7.70. The molecule has 0 saturated heterocycles. The lowest BCUT2D eigenvalue weighted by atomic mass is 10.1. The van der Waals surface area contributed by atoms with E-state index in [-0.39, 0.29) is 22.1 Å². The van der Waals surface area contributed by atoms with Gasteiger partial charge in [0, 0.05) is 18.5 Å². The van der Waals surface area contributed by atoms with Crippen LogP contribution in [-0.4, -0.2) is 31.3 Å². The normalized spacial score (nSPS) is 16.3. The van der Waals surface area contributed by atoms with Gasteiger partial charge in [0.2, 0.25) is 0 Å². The van der Waals surface area contributed by atoms with Crippen LogP contribution in [0.4, 0.5) is 5.69 Å². The molecule has 8 nitrogen and oxygen atoms in total. The van der Waals surface area contributed by atoms with Crippen LogP contribution in [-0.2, 0) is 14.8 Å². The summed E-state index contributed by atoms with van der Waals surface area (Å²) in [7, 11) is -4.14. The summed E-state index contributed by atoms with van der Waals surface area (Å²) in [6.07, 6.45) is 2.11. The summed E-state index contributed by atoms with van der Waals surface area (Å²) in [6.45, 7) is 4.87. The van der Waals surface area contributed by atoms with Crippen molar-refractivity contribution in [2.24, 2.45) is 0 Å². The van der Waals surface area contributed by atoms with Gasteiger partial charge in [0.05, 0.1) is 16.1 Å². The second-order valence-electron chi connectivity index (χ2n) is 6.05. The zero-order valence-electron chi connectivity index (χ0n) is 14.4. The van der Waals surface area contributed by atoms with Crippen molar-refractivity contribution in [2.45, 2.75) is 31.8 Å². The molecule has 9 heteroatoms. The van der Waals surface area contributed by atoms with Crippen LogP contribution in [0.15, 0.2) is 35.5 Å². The monoisotopic (exact) mass is 375 g/mol. The van der Waals surface area contributed by atoms with E-state index in [9.17, 15) is 18.0 Å². The number of hydrogen-bond acceptors (Lipinski definition) is 6. The zero-order chi connectivity index (χ0) is 19.1. The lowest BCUT2D eigenvalue weighted by Crippen LogP contribution is -2.35. The summed E-state index contributed by atoms with van der Waals surface area (Å²) >= 11 is 0. The highest BCUT2D eigenvalue weighted by Gasteiger charge is 2.28. The standard InChI is InChI=1S/C17H17N3O5S/c1-9-4-12(8-18-7-9)17(22)20-26(23,24)15-6-14-13(5-10(15)2)19-16(21)11(3)25-14/h4-8,11H,1-3H3,(H,19,21)(H,20,22). The van der Waals surface area contributed by atoms with E-state index >= 15 is 0 Å². The smallest absolute Gasteiger partial charge is 0.266 e. The number of pyridine rings is 1. The third-order valence-corrected chi connectivity index (χ3v) is 5.33. The maximum absolute atomic E-state index is 12.7. The molecule has 0 bridgehead atoms. The quantitative estimate of drug-likeness (QED) is 0.841. The summed E-state index contributed by atoms with van der Waals surface area (Å²) in [5, 5.41) is 2.65.